The molecule has 1 N–H and O–H groups in total. The van der Waals surface area contributed by atoms with Crippen LogP contribution in [0.25, 0.3) is 0 Å². The van der Waals surface area contributed by atoms with Gasteiger partial charge in [0.1, 0.15) is 5.60 Å². The van der Waals surface area contributed by atoms with Crippen LogP contribution in [0.4, 0.5) is 4.79 Å². The molecule has 0 heterocycles. The van der Waals surface area contributed by atoms with Crippen molar-refractivity contribution < 1.29 is 9.53 Å². The van der Waals surface area contributed by atoms with Crippen molar-refractivity contribution in [2.24, 2.45) is 0 Å². The molecule has 19 heavy (non-hydrogen) atoms. The van der Waals surface area contributed by atoms with Crippen LogP contribution in [0.2, 0.25) is 0 Å². The lowest BCUT2D eigenvalue weighted by atomic mass is 10.0. The highest BCUT2D eigenvalue weighted by Crippen LogP contribution is 2.10. The van der Waals surface area contributed by atoms with E-state index in [1.807, 2.05) is 39.0 Å². The highest BCUT2D eigenvalue weighted by Gasteiger charge is 2.19. The Morgan fingerprint density at radius 3 is 2.42 bits per heavy atom. The number of carbonyl (C=O) groups is 1. The third-order valence-corrected chi connectivity index (χ3v) is 2.68. The first kappa shape index (κ1) is 15.5. The summed E-state index contributed by atoms with van der Waals surface area (Å²) in [6.45, 7) is 7.74. The predicted molar refractivity (Wildman–Crippen MR) is 78.2 cm³/mol. The molecule has 0 spiro atoms. The Morgan fingerprint density at radius 1 is 1.26 bits per heavy atom. The summed E-state index contributed by atoms with van der Waals surface area (Å²) in [4.78, 5) is 11.8. The molecule has 1 rings (SSSR count). The fourth-order valence-electron chi connectivity index (χ4n) is 1.95. The molecule has 1 amide bonds. The second-order valence-electron chi connectivity index (χ2n) is 5.82. The molecule has 106 valence electrons. The van der Waals surface area contributed by atoms with E-state index in [0.717, 1.165) is 19.3 Å². The standard InChI is InChI=1S/C16H25NO2/c1-5-9-14(12-13-10-7-6-8-11-13)17-15(18)19-16(2,3)4/h6-8,10-11,14H,5,9,12H2,1-4H3,(H,17,18)/t14-/m1/s1. The fourth-order valence-corrected chi connectivity index (χ4v) is 1.95. The molecule has 0 saturated heterocycles. The molecule has 0 unspecified atom stereocenters. The number of amides is 1. The van der Waals surface area contributed by atoms with E-state index in [0.29, 0.717) is 0 Å². The van der Waals surface area contributed by atoms with Crippen LogP contribution in [0.1, 0.15) is 46.1 Å². The van der Waals surface area contributed by atoms with Crippen LogP contribution >= 0.6 is 0 Å². The quantitative estimate of drug-likeness (QED) is 0.874. The number of alkyl carbamates (subject to hydrolysis) is 1. The third-order valence-electron chi connectivity index (χ3n) is 2.68. The van der Waals surface area contributed by atoms with E-state index >= 15 is 0 Å². The summed E-state index contributed by atoms with van der Waals surface area (Å²) in [5, 5.41) is 2.96. The minimum absolute atomic E-state index is 0.127. The molecule has 0 bridgehead atoms. The monoisotopic (exact) mass is 263 g/mol. The number of hydrogen-bond acceptors (Lipinski definition) is 2. The van der Waals surface area contributed by atoms with Crippen LogP contribution in [0.5, 0.6) is 0 Å². The number of hydrogen-bond donors (Lipinski definition) is 1. The van der Waals surface area contributed by atoms with Gasteiger partial charge in [-0.05, 0) is 39.2 Å². The second-order valence-corrected chi connectivity index (χ2v) is 5.82. The topological polar surface area (TPSA) is 38.3 Å². The second kappa shape index (κ2) is 7.17. The average molecular weight is 263 g/mol. The maximum absolute atomic E-state index is 11.8. The minimum Gasteiger partial charge on any atom is -0.444 e. The molecular weight excluding hydrogens is 238 g/mol. The Hall–Kier alpha value is -1.51. The van der Waals surface area contributed by atoms with E-state index in [9.17, 15) is 4.79 Å². The number of carbonyl (C=O) groups excluding carboxylic acids is 1. The lowest BCUT2D eigenvalue weighted by Gasteiger charge is -2.23. The third kappa shape index (κ3) is 6.85. The summed E-state index contributed by atoms with van der Waals surface area (Å²) in [7, 11) is 0. The summed E-state index contributed by atoms with van der Waals surface area (Å²) >= 11 is 0. The lowest BCUT2D eigenvalue weighted by Crippen LogP contribution is -2.40. The van der Waals surface area contributed by atoms with Crippen LogP contribution in [0.3, 0.4) is 0 Å². The zero-order valence-corrected chi connectivity index (χ0v) is 12.4. The van der Waals surface area contributed by atoms with Crippen molar-refractivity contribution in [3.8, 4) is 0 Å². The smallest absolute Gasteiger partial charge is 0.407 e. The molecule has 0 aliphatic rings. The van der Waals surface area contributed by atoms with Gasteiger partial charge in [0, 0.05) is 6.04 Å². The molecule has 0 aliphatic heterocycles. The molecule has 3 nitrogen and oxygen atoms in total. The van der Waals surface area contributed by atoms with E-state index in [2.05, 4.69) is 24.4 Å². The van der Waals surface area contributed by atoms with Crippen LogP contribution in [-0.2, 0) is 11.2 Å². The van der Waals surface area contributed by atoms with Gasteiger partial charge < -0.3 is 10.1 Å². The molecule has 0 aromatic heterocycles. The van der Waals surface area contributed by atoms with Gasteiger partial charge in [0.2, 0.25) is 0 Å². The van der Waals surface area contributed by atoms with Crippen molar-refractivity contribution in [2.45, 2.75) is 58.6 Å². The van der Waals surface area contributed by atoms with Crippen molar-refractivity contribution in [2.75, 3.05) is 0 Å². The number of nitrogens with one attached hydrogen (secondary N) is 1. The van der Waals surface area contributed by atoms with Gasteiger partial charge in [-0.1, -0.05) is 43.7 Å². The predicted octanol–water partition coefficient (Wildman–Crippen LogP) is 3.92. The molecule has 1 aromatic rings. The highest BCUT2D eigenvalue weighted by molar-refractivity contribution is 5.68. The van der Waals surface area contributed by atoms with Gasteiger partial charge in [-0.3, -0.25) is 0 Å². The van der Waals surface area contributed by atoms with Crippen LogP contribution in [-0.4, -0.2) is 17.7 Å². The van der Waals surface area contributed by atoms with E-state index in [1.165, 1.54) is 5.56 Å². The molecular formula is C16H25NO2. The Balaban J connectivity index is 2.55. The number of ether oxygens (including phenoxy) is 1. The zero-order valence-electron chi connectivity index (χ0n) is 12.4. The minimum atomic E-state index is -0.451. The Labute approximate surface area is 116 Å². The molecule has 0 fully saturated rings. The van der Waals surface area contributed by atoms with Crippen molar-refractivity contribution in [1.82, 2.24) is 5.32 Å². The number of rotatable bonds is 5. The van der Waals surface area contributed by atoms with Crippen LogP contribution in [0, 0.1) is 0 Å². The maximum atomic E-state index is 11.8. The highest BCUT2D eigenvalue weighted by atomic mass is 16.6. The van der Waals surface area contributed by atoms with Gasteiger partial charge in [0.25, 0.3) is 0 Å². The molecule has 3 heteroatoms. The van der Waals surface area contributed by atoms with E-state index in [1.54, 1.807) is 0 Å². The molecule has 1 aromatic carbocycles. The summed E-state index contributed by atoms with van der Waals surface area (Å²) in [5.41, 5.74) is 0.783. The van der Waals surface area contributed by atoms with E-state index in [4.69, 9.17) is 4.74 Å². The summed E-state index contributed by atoms with van der Waals surface area (Å²) in [6.07, 6.45) is 2.50. The fraction of sp³-hybridized carbons (Fsp3) is 0.562. The largest absolute Gasteiger partial charge is 0.444 e. The summed E-state index contributed by atoms with van der Waals surface area (Å²) < 4.78 is 5.30. The molecule has 1 atom stereocenters. The van der Waals surface area contributed by atoms with Crippen molar-refractivity contribution >= 4 is 6.09 Å². The van der Waals surface area contributed by atoms with Crippen molar-refractivity contribution in [1.29, 1.82) is 0 Å². The Morgan fingerprint density at radius 2 is 1.89 bits per heavy atom. The van der Waals surface area contributed by atoms with Crippen LogP contribution < -0.4 is 5.32 Å². The molecule has 0 saturated carbocycles. The molecule has 0 radical (unpaired) electrons. The van der Waals surface area contributed by atoms with E-state index in [-0.39, 0.29) is 12.1 Å². The van der Waals surface area contributed by atoms with Crippen LogP contribution in [0.15, 0.2) is 30.3 Å². The first-order valence-electron chi connectivity index (χ1n) is 6.94. The molecule has 0 aliphatic carbocycles. The van der Waals surface area contributed by atoms with Gasteiger partial charge in [0.05, 0.1) is 0 Å². The first-order chi connectivity index (χ1) is 8.90. The van der Waals surface area contributed by atoms with Gasteiger partial charge in [-0.2, -0.15) is 0 Å². The van der Waals surface area contributed by atoms with Crippen molar-refractivity contribution in [3.05, 3.63) is 35.9 Å². The first-order valence-corrected chi connectivity index (χ1v) is 6.94. The Kier molecular flexibility index (Phi) is 5.87. The SMILES string of the molecule is CCC[C@H](Cc1ccccc1)NC(=O)OC(C)(C)C. The Bertz CT molecular complexity index is 381. The lowest BCUT2D eigenvalue weighted by molar-refractivity contribution is 0.0501. The zero-order chi connectivity index (χ0) is 14.3. The van der Waals surface area contributed by atoms with Crippen molar-refractivity contribution in [3.63, 3.8) is 0 Å². The van der Waals surface area contributed by atoms with Gasteiger partial charge in [0.15, 0.2) is 0 Å². The average Bonchev–Trinajstić information content (AvgIpc) is 2.27. The van der Waals surface area contributed by atoms with Gasteiger partial charge in [-0.25, -0.2) is 4.79 Å². The van der Waals surface area contributed by atoms with Gasteiger partial charge in [-0.15, -0.1) is 0 Å². The normalized spacial score (nSPS) is 12.8. The summed E-state index contributed by atoms with van der Waals surface area (Å²) in [6, 6.07) is 10.3. The summed E-state index contributed by atoms with van der Waals surface area (Å²) in [5.74, 6) is 0. The number of benzene rings is 1. The van der Waals surface area contributed by atoms with Gasteiger partial charge >= 0.3 is 6.09 Å². The maximum Gasteiger partial charge on any atom is 0.407 e. The van der Waals surface area contributed by atoms with E-state index < -0.39 is 5.60 Å².